The van der Waals surface area contributed by atoms with Crippen molar-refractivity contribution in [2.45, 2.75) is 128 Å². The van der Waals surface area contributed by atoms with Gasteiger partial charge < -0.3 is 9.64 Å². The normalized spacial score (nSPS) is 35.4. The van der Waals surface area contributed by atoms with Crippen molar-refractivity contribution in [2.24, 2.45) is 17.3 Å². The first-order valence-corrected chi connectivity index (χ1v) is 12.7. The van der Waals surface area contributed by atoms with Gasteiger partial charge >= 0.3 is 6.09 Å². The van der Waals surface area contributed by atoms with Crippen LogP contribution in [-0.4, -0.2) is 28.7 Å². The average Bonchev–Trinajstić information content (AvgIpc) is 2.68. The smallest absolute Gasteiger partial charge is 0.410 e. The van der Waals surface area contributed by atoms with Gasteiger partial charge in [0.1, 0.15) is 5.60 Å². The molecule has 6 aliphatic rings. The molecule has 0 aromatic carbocycles. The fourth-order valence-electron chi connectivity index (χ4n) is 7.87. The summed E-state index contributed by atoms with van der Waals surface area (Å²) in [6, 6.07) is 0.815. The van der Waals surface area contributed by atoms with Crippen molar-refractivity contribution >= 4 is 6.09 Å². The molecule has 4 saturated carbocycles. The van der Waals surface area contributed by atoms with E-state index in [2.05, 4.69) is 24.8 Å². The molecule has 0 heterocycles. The zero-order valence-electron chi connectivity index (χ0n) is 18.8. The molecule has 0 aliphatic heterocycles. The van der Waals surface area contributed by atoms with Crippen LogP contribution in [0.2, 0.25) is 0 Å². The van der Waals surface area contributed by atoms with Gasteiger partial charge in [-0.15, -0.1) is 0 Å². The Labute approximate surface area is 177 Å². The third-order valence-corrected chi connectivity index (χ3v) is 9.24. The molecular weight excluding hydrogens is 358 g/mol. The quantitative estimate of drug-likeness (QED) is 0.476. The maximum Gasteiger partial charge on any atom is 0.410 e. The lowest BCUT2D eigenvalue weighted by molar-refractivity contribution is -0.106. The fraction of sp³-hybridized carbons (Fsp3) is 0.885. The highest BCUT2D eigenvalue weighted by atomic mass is 16.6. The molecule has 6 rings (SSSR count). The van der Waals surface area contributed by atoms with Crippen molar-refractivity contribution in [1.82, 2.24) is 4.90 Å². The predicted molar refractivity (Wildman–Crippen MR) is 117 cm³/mol. The van der Waals surface area contributed by atoms with Crippen LogP contribution >= 0.6 is 0 Å². The number of amides is 1. The SMILES string of the molecule is CC(C)(OC(=O)N(C1CCCCC1)C1CCCCC1)C12C=C3CC(CC(C3)C1)C2. The third kappa shape index (κ3) is 3.65. The van der Waals surface area contributed by atoms with E-state index < -0.39 is 5.60 Å². The van der Waals surface area contributed by atoms with Gasteiger partial charge in [0.25, 0.3) is 0 Å². The number of ether oxygens (including phenoxy) is 1. The summed E-state index contributed by atoms with van der Waals surface area (Å²) < 4.78 is 6.53. The Morgan fingerprint density at radius 1 is 0.931 bits per heavy atom. The van der Waals surface area contributed by atoms with Crippen molar-refractivity contribution in [3.05, 3.63) is 11.6 Å². The minimum absolute atomic E-state index is 0.00273. The standard InChI is InChI=1S/C26H41NO2/c1-25(2,26-16-19-13-20(17-26)15-21(14-19)18-26)29-24(28)27(22-9-5-3-6-10-22)23-11-7-4-8-12-23/h16,20-23H,3-15,17-18H2,1-2H3. The summed E-state index contributed by atoms with van der Waals surface area (Å²) in [6.45, 7) is 4.43. The minimum atomic E-state index is -0.408. The van der Waals surface area contributed by atoms with Gasteiger partial charge in [-0.05, 0) is 83.5 Å². The minimum Gasteiger partial charge on any atom is -0.442 e. The van der Waals surface area contributed by atoms with Gasteiger partial charge in [0.05, 0.1) is 0 Å². The molecule has 0 spiro atoms. The van der Waals surface area contributed by atoms with E-state index >= 15 is 0 Å². The van der Waals surface area contributed by atoms with Crippen molar-refractivity contribution in [3.8, 4) is 0 Å². The van der Waals surface area contributed by atoms with Gasteiger partial charge in [0.15, 0.2) is 0 Å². The Balaban J connectivity index is 1.37. The lowest BCUT2D eigenvalue weighted by Gasteiger charge is -2.57. The number of allylic oxidation sites excluding steroid dienone is 1. The zero-order valence-corrected chi connectivity index (χ0v) is 18.8. The van der Waals surface area contributed by atoms with Crippen molar-refractivity contribution < 1.29 is 9.53 Å². The topological polar surface area (TPSA) is 29.5 Å². The average molecular weight is 400 g/mol. The van der Waals surface area contributed by atoms with E-state index in [9.17, 15) is 4.79 Å². The monoisotopic (exact) mass is 399 g/mol. The first-order valence-electron chi connectivity index (χ1n) is 12.7. The van der Waals surface area contributed by atoms with E-state index in [1.807, 2.05) is 0 Å². The van der Waals surface area contributed by atoms with Gasteiger partial charge in [0, 0.05) is 17.5 Å². The predicted octanol–water partition coefficient (Wildman–Crippen LogP) is 7.01. The number of carbonyl (C=O) groups excluding carboxylic acids is 1. The zero-order chi connectivity index (χ0) is 20.1. The van der Waals surface area contributed by atoms with Crippen LogP contribution in [0.1, 0.15) is 110 Å². The maximum absolute atomic E-state index is 13.7. The molecule has 162 valence electrons. The molecule has 2 atom stereocenters. The van der Waals surface area contributed by atoms with Crippen molar-refractivity contribution in [2.75, 3.05) is 0 Å². The van der Waals surface area contributed by atoms with Crippen LogP contribution in [0.4, 0.5) is 4.79 Å². The van der Waals surface area contributed by atoms with Gasteiger partial charge in [-0.2, -0.15) is 0 Å². The van der Waals surface area contributed by atoms with Gasteiger partial charge in [-0.1, -0.05) is 50.2 Å². The second kappa shape index (κ2) is 7.61. The molecule has 29 heavy (non-hydrogen) atoms. The number of hydrogen-bond donors (Lipinski definition) is 0. The van der Waals surface area contributed by atoms with Crippen LogP contribution in [0.15, 0.2) is 11.6 Å². The van der Waals surface area contributed by atoms with Crippen molar-refractivity contribution in [3.63, 3.8) is 0 Å². The highest BCUT2D eigenvalue weighted by Gasteiger charge is 2.56. The number of nitrogens with zero attached hydrogens (tertiary/aromatic N) is 1. The highest BCUT2D eigenvalue weighted by molar-refractivity contribution is 5.69. The van der Waals surface area contributed by atoms with Crippen LogP contribution < -0.4 is 0 Å². The molecule has 1 amide bonds. The maximum atomic E-state index is 13.7. The molecule has 6 aliphatic carbocycles. The number of carbonyl (C=O) groups is 1. The van der Waals surface area contributed by atoms with Gasteiger partial charge in [-0.3, -0.25) is 0 Å². The van der Waals surface area contributed by atoms with Crippen LogP contribution in [0, 0.1) is 17.3 Å². The molecule has 0 N–H and O–H groups in total. The lowest BCUT2D eigenvalue weighted by Crippen LogP contribution is -2.57. The largest absolute Gasteiger partial charge is 0.442 e. The summed E-state index contributed by atoms with van der Waals surface area (Å²) in [7, 11) is 0. The van der Waals surface area contributed by atoms with E-state index in [-0.39, 0.29) is 11.5 Å². The first-order chi connectivity index (χ1) is 14.0. The molecule has 0 aromatic heterocycles. The second-order valence-corrected chi connectivity index (χ2v) is 11.6. The fourth-order valence-corrected chi connectivity index (χ4v) is 7.87. The molecule has 3 nitrogen and oxygen atoms in total. The molecule has 0 radical (unpaired) electrons. The lowest BCUT2D eigenvalue weighted by atomic mass is 9.50. The van der Waals surface area contributed by atoms with E-state index in [0.29, 0.717) is 12.1 Å². The highest BCUT2D eigenvalue weighted by Crippen LogP contribution is 2.61. The summed E-state index contributed by atoms with van der Waals surface area (Å²) in [5.41, 5.74) is 1.32. The molecule has 2 unspecified atom stereocenters. The molecular formula is C26H41NO2. The van der Waals surface area contributed by atoms with Crippen LogP contribution in [0.5, 0.6) is 0 Å². The van der Waals surface area contributed by atoms with Gasteiger partial charge in [0.2, 0.25) is 0 Å². The molecule has 4 fully saturated rings. The van der Waals surface area contributed by atoms with Crippen molar-refractivity contribution in [1.29, 1.82) is 0 Å². The molecule has 4 bridgehead atoms. The van der Waals surface area contributed by atoms with E-state index in [4.69, 9.17) is 4.74 Å². The summed E-state index contributed by atoms with van der Waals surface area (Å²) >= 11 is 0. The summed E-state index contributed by atoms with van der Waals surface area (Å²) in [6.07, 6.45) is 21.4. The van der Waals surface area contributed by atoms with Crippen LogP contribution in [0.25, 0.3) is 0 Å². The summed E-state index contributed by atoms with van der Waals surface area (Å²) in [4.78, 5) is 16.0. The Morgan fingerprint density at radius 3 is 1.93 bits per heavy atom. The molecule has 3 heteroatoms. The van der Waals surface area contributed by atoms with Gasteiger partial charge in [-0.25, -0.2) is 4.79 Å². The Morgan fingerprint density at radius 2 is 1.45 bits per heavy atom. The molecule has 0 saturated heterocycles. The number of rotatable bonds is 4. The number of hydrogen-bond acceptors (Lipinski definition) is 2. The Bertz CT molecular complexity index is 620. The summed E-state index contributed by atoms with van der Waals surface area (Å²) in [5, 5.41) is 0. The van der Waals surface area contributed by atoms with E-state index in [1.165, 1.54) is 96.3 Å². The van der Waals surface area contributed by atoms with Crippen LogP contribution in [-0.2, 0) is 4.74 Å². The third-order valence-electron chi connectivity index (χ3n) is 9.24. The van der Waals surface area contributed by atoms with Crippen LogP contribution in [0.3, 0.4) is 0 Å². The molecule has 0 aromatic rings. The first kappa shape index (κ1) is 19.9. The Hall–Kier alpha value is -0.990. The second-order valence-electron chi connectivity index (χ2n) is 11.6. The van der Waals surface area contributed by atoms with E-state index in [0.717, 1.165) is 11.8 Å². The summed E-state index contributed by atoms with van der Waals surface area (Å²) in [5.74, 6) is 1.65. The Kier molecular flexibility index (Phi) is 5.23. The van der Waals surface area contributed by atoms with E-state index in [1.54, 1.807) is 5.57 Å².